The van der Waals surface area contributed by atoms with Crippen LogP contribution in [0.25, 0.3) is 0 Å². The molecule has 10 aromatic carbocycles. The second-order valence-electron chi connectivity index (χ2n) is 33.4. The number of hydrogen-bond donors (Lipinski definition) is 6. The summed E-state index contributed by atoms with van der Waals surface area (Å²) in [5.74, 6) is 5.39. The van der Waals surface area contributed by atoms with Crippen molar-refractivity contribution in [3.8, 4) is 52.5 Å². The third-order valence-electron chi connectivity index (χ3n) is 23.6. The molecule has 745 valence electrons. The number of nitrogens with zero attached hydrogens (tertiary/aromatic N) is 8. The molecule has 12 N–H and O–H groups in total. The van der Waals surface area contributed by atoms with Gasteiger partial charge in [-0.1, -0.05) is 224 Å². The summed E-state index contributed by atoms with van der Waals surface area (Å²) in [7, 11) is 14.1. The van der Waals surface area contributed by atoms with Crippen LogP contribution in [-0.4, -0.2) is 144 Å². The SMILES string of the molecule is C.COc1cc(C(=O)c2cnc(N)nc2N)c(C(C)Cc2ccccc2)cc1C.COc1cc(C=O)c(C(C)Cc2ccccc2)cc1C.COc1cc(Cc2cnc(N)nc2N)c(C(C)Cc2ccccc2)cc1C.COc1ncc(C(=O)c2cc(OC)c(C)cc2C(C)Cc2ccccc2)c(OC)n1.COc1ncc(C(O)c2cc(OC)c(C)cc2C(C)Cc2ccccc2)c(OC)n1.N.[AlH3].[H-].[Li+].[O]=[Mn]=[O]. The Hall–Kier alpha value is -13.9. The molecule has 0 aliphatic carbocycles. The number of aromatic nitrogens is 8. The molecule has 14 rings (SSSR count). The minimum atomic E-state index is -1.44. The summed E-state index contributed by atoms with van der Waals surface area (Å²) < 4.78 is 64.9. The molecule has 0 aliphatic heterocycles. The number of ether oxygens (including phenoxy) is 9. The van der Waals surface area contributed by atoms with Crippen molar-refractivity contribution in [2.75, 3.05) is 86.9 Å². The molecule has 0 amide bonds. The molecule has 0 spiro atoms. The number of methoxy groups -OCH3 is 9. The summed E-state index contributed by atoms with van der Waals surface area (Å²) in [5.41, 5.74) is 45.4. The van der Waals surface area contributed by atoms with Crippen LogP contribution in [0.4, 0.5) is 23.5 Å². The molecule has 4 aromatic heterocycles. The number of nitrogen functional groups attached to an aromatic ring is 4. The number of ketones is 2. The number of rotatable bonds is 33. The first kappa shape index (κ1) is 119. The van der Waals surface area contributed by atoms with E-state index < -0.39 is 20.9 Å². The van der Waals surface area contributed by atoms with E-state index in [2.05, 4.69) is 178 Å². The predicted octanol–water partition coefficient (Wildman–Crippen LogP) is 16.7. The molecule has 6 atom stereocenters. The average molecular weight is 1980 g/mol. The summed E-state index contributed by atoms with van der Waals surface area (Å²) in [4.78, 5) is 70.7. The van der Waals surface area contributed by atoms with E-state index in [0.717, 1.165) is 117 Å². The predicted molar refractivity (Wildman–Crippen MR) is 557 cm³/mol. The van der Waals surface area contributed by atoms with Gasteiger partial charge in [-0.15, -0.1) is 0 Å². The molecular formula is C111H135AlLiMnN13O15. The number of aryl methyl sites for hydroxylation is 5. The quantitative estimate of drug-likeness (QED) is 0.0126. The maximum absolute atomic E-state index is 13.5. The molecule has 14 aromatic rings. The fraction of sp³-hybridized carbons (Fsp3) is 0.288. The molecule has 28 nitrogen and oxygen atoms in total. The number of aliphatic hydroxyl groups excluding tert-OH is 1. The zero-order valence-corrected chi connectivity index (χ0v) is 84.6. The number of carbonyl (C=O) groups excluding carboxylic acids is 3. The Labute approximate surface area is 864 Å². The van der Waals surface area contributed by atoms with Crippen LogP contribution < -0.4 is 90.6 Å². The first-order valence-electron chi connectivity index (χ1n) is 44.8. The van der Waals surface area contributed by atoms with Gasteiger partial charge in [0.1, 0.15) is 58.3 Å². The molecule has 4 heterocycles. The molecular weight excluding hydrogens is 1840 g/mol. The summed E-state index contributed by atoms with van der Waals surface area (Å²) in [5, 5.41) is 11.3. The molecule has 142 heavy (non-hydrogen) atoms. The first-order chi connectivity index (χ1) is 66.4. The second-order valence-corrected chi connectivity index (χ2v) is 33.6. The molecule has 6 unspecified atom stereocenters. The van der Waals surface area contributed by atoms with Gasteiger partial charge in [0.15, 0.2) is 28.9 Å². The van der Waals surface area contributed by atoms with E-state index in [9.17, 15) is 19.5 Å². The van der Waals surface area contributed by atoms with Crippen LogP contribution in [0.1, 0.15) is 227 Å². The van der Waals surface area contributed by atoms with Crippen LogP contribution in [0.2, 0.25) is 0 Å². The third kappa shape index (κ3) is 32.6. The zero-order chi connectivity index (χ0) is 100. The zero-order valence-electron chi connectivity index (χ0n) is 84.4. The summed E-state index contributed by atoms with van der Waals surface area (Å²) in [6.45, 7) is 20.8. The normalized spacial score (nSPS) is 11.5. The van der Waals surface area contributed by atoms with Crippen LogP contribution >= 0.6 is 0 Å². The maximum atomic E-state index is 13.5. The number of carbonyl (C=O) groups is 3. The van der Waals surface area contributed by atoms with Crippen molar-refractivity contribution in [1.82, 2.24) is 46.0 Å². The molecule has 31 heteroatoms. The number of aliphatic hydroxyl groups is 1. The Morgan fingerprint density at radius 1 is 0.359 bits per heavy atom. The van der Waals surface area contributed by atoms with Crippen LogP contribution in [0.3, 0.4) is 0 Å². The molecule has 0 aliphatic rings. The monoisotopic (exact) mass is 1980 g/mol. The van der Waals surface area contributed by atoms with Gasteiger partial charge in [0.05, 0.1) is 75.1 Å². The van der Waals surface area contributed by atoms with Crippen molar-refractivity contribution in [2.24, 2.45) is 0 Å². The van der Waals surface area contributed by atoms with Crippen molar-refractivity contribution in [2.45, 2.75) is 151 Å². The fourth-order valence-corrected chi connectivity index (χ4v) is 16.5. The van der Waals surface area contributed by atoms with Crippen LogP contribution in [0, 0.1) is 34.6 Å². The number of hydrogen-bond acceptors (Lipinski definition) is 28. The van der Waals surface area contributed by atoms with Crippen molar-refractivity contribution >= 4 is 58.7 Å². The van der Waals surface area contributed by atoms with E-state index in [1.165, 1.54) is 86.0 Å². The van der Waals surface area contributed by atoms with E-state index in [1.54, 1.807) is 53.9 Å². The minimum absolute atomic E-state index is 0. The summed E-state index contributed by atoms with van der Waals surface area (Å²) >= 11 is -1.44. The third-order valence-corrected chi connectivity index (χ3v) is 23.6. The Kier molecular flexibility index (Phi) is 49.3. The van der Waals surface area contributed by atoms with E-state index in [0.29, 0.717) is 58.0 Å². The van der Waals surface area contributed by atoms with Gasteiger partial charge in [0.2, 0.25) is 23.7 Å². The number of nitrogens with two attached hydrogens (primary N) is 4. The van der Waals surface area contributed by atoms with Gasteiger partial charge < -0.3 is 78.3 Å². The van der Waals surface area contributed by atoms with Gasteiger partial charge in [-0.05, 0) is 221 Å². The van der Waals surface area contributed by atoms with Gasteiger partial charge in [-0.25, -0.2) is 19.9 Å². The van der Waals surface area contributed by atoms with E-state index in [4.69, 9.17) is 73.2 Å². The number of benzene rings is 10. The first-order valence-corrected chi connectivity index (χ1v) is 45.8. The standard InChI is InChI=1S/C24H28N2O4.C24H26N2O4.C22H24N4O2.C22H26N4O.C18H20O2.CH4.Al.Li.Mn.H3N.2O.4H/c2*1-15(11-17-9-7-6-8-10-17)18-12-16(2)21(28-3)13-19(18)22(27)20-14-25-24(30-5)26-23(20)29-4;1-13(9-15-7-5-4-6-8-15)16-10-14(2)19(28-3)11-17(16)20(27)18-12-25-22(24)26-21(18)23;1-14(9-16-7-5-4-6-8-16)19-10-15(2)20(27-3)12-17(19)11-18-13-25-22(24)26-21(18)23;1-13(9-15-7-5-4-6-8-15)17-10-14(2)18(20-3)11-16(17)12-19;;;;;;;;;;;/h6-10,12-15,22,27H,11H2,1-5H3;6-10,12-15H,11H2,1-5H3;4-8,10-13H,9H2,1-3H3,(H4,23,24,25,26);4-8,10,12-14H,9,11H2,1-3H3,(H4,23,24,25,26);4-8,10-13H,9H2,1-3H3;1H4;;;;1H3;;;;;;/q;;;;;;;+1;;;;;;;;-1. The van der Waals surface area contributed by atoms with Gasteiger partial charge in [-0.3, -0.25) is 14.4 Å². The van der Waals surface area contributed by atoms with Gasteiger partial charge >= 0.3 is 53.4 Å². The molecule has 0 fully saturated rings. The van der Waals surface area contributed by atoms with Crippen LogP contribution in [0.5, 0.6) is 52.5 Å². The molecule has 0 saturated heterocycles. The van der Waals surface area contributed by atoms with Crippen molar-refractivity contribution in [3.05, 3.63) is 371 Å². The van der Waals surface area contributed by atoms with Crippen molar-refractivity contribution in [1.29, 1.82) is 0 Å². The van der Waals surface area contributed by atoms with E-state index >= 15 is 0 Å². The Bertz CT molecular complexity index is 6450. The Morgan fingerprint density at radius 3 is 1.06 bits per heavy atom. The van der Waals surface area contributed by atoms with Crippen molar-refractivity contribution in [3.63, 3.8) is 0 Å². The van der Waals surface area contributed by atoms with Crippen LogP contribution in [-0.2, 0) is 61.0 Å². The van der Waals surface area contributed by atoms with E-state index in [1.807, 2.05) is 131 Å². The van der Waals surface area contributed by atoms with Gasteiger partial charge in [-0.2, -0.15) is 19.9 Å². The molecule has 0 saturated carbocycles. The van der Waals surface area contributed by atoms with Gasteiger partial charge in [0, 0.05) is 53.5 Å². The Balaban J connectivity index is 0.000000369. The average Bonchev–Trinajstić information content (AvgIpc) is 0.790. The fourth-order valence-electron chi connectivity index (χ4n) is 16.5. The number of anilines is 4. The van der Waals surface area contributed by atoms with E-state index in [-0.39, 0.29) is 133 Å². The second kappa shape index (κ2) is 59.0. The molecule has 0 radical (unpaired) electrons. The number of aldehydes is 1. The summed E-state index contributed by atoms with van der Waals surface area (Å²) in [6.07, 6.45) is 11.0. The Morgan fingerprint density at radius 2 is 0.676 bits per heavy atom. The van der Waals surface area contributed by atoms with Gasteiger partial charge in [0.25, 0.3) is 0 Å². The molecule has 0 bridgehead atoms. The van der Waals surface area contributed by atoms with Crippen molar-refractivity contribution < 1.29 is 105 Å². The summed E-state index contributed by atoms with van der Waals surface area (Å²) in [6, 6.07) is 71.7. The van der Waals surface area contributed by atoms with Crippen LogP contribution in [0.15, 0.2) is 237 Å². The topological polar surface area (TPSA) is 431 Å².